The van der Waals surface area contributed by atoms with E-state index < -0.39 is 5.97 Å². The van der Waals surface area contributed by atoms with Crippen LogP contribution in [0.25, 0.3) is 6.08 Å². The van der Waals surface area contributed by atoms with E-state index in [0.29, 0.717) is 34.5 Å². The highest BCUT2D eigenvalue weighted by Gasteiger charge is 2.33. The number of benzene rings is 2. The van der Waals surface area contributed by atoms with Gasteiger partial charge in [-0.1, -0.05) is 36.4 Å². The molecule has 7 nitrogen and oxygen atoms in total. The number of ether oxygens (including phenoxy) is 3. The smallest absolute Gasteiger partial charge is 0.343 e. The van der Waals surface area contributed by atoms with Crippen LogP contribution in [0.15, 0.2) is 64.5 Å². The van der Waals surface area contributed by atoms with E-state index in [1.807, 2.05) is 42.5 Å². The summed E-state index contributed by atoms with van der Waals surface area (Å²) < 4.78 is 15.3. The summed E-state index contributed by atoms with van der Waals surface area (Å²) in [6.07, 6.45) is 1.74. The number of amidine groups is 1. The van der Waals surface area contributed by atoms with Crippen molar-refractivity contribution in [3.63, 3.8) is 0 Å². The van der Waals surface area contributed by atoms with Crippen LogP contribution in [-0.2, 0) is 19.1 Å². The minimum absolute atomic E-state index is 0.158. The molecule has 0 spiro atoms. The van der Waals surface area contributed by atoms with E-state index in [1.165, 1.54) is 18.9 Å². The van der Waals surface area contributed by atoms with Crippen LogP contribution in [0.3, 0.4) is 0 Å². The fourth-order valence-corrected chi connectivity index (χ4v) is 3.67. The molecule has 0 unspecified atom stereocenters. The maximum atomic E-state index is 13.0. The summed E-state index contributed by atoms with van der Waals surface area (Å²) in [7, 11) is 2.89. The first-order valence-corrected chi connectivity index (χ1v) is 10.1. The van der Waals surface area contributed by atoms with E-state index in [1.54, 1.807) is 30.2 Å². The number of hydrogen-bond donors (Lipinski definition) is 0. The molecule has 1 amide bonds. The molecule has 0 aromatic heterocycles. The Bertz CT molecular complexity index is 959. The van der Waals surface area contributed by atoms with Gasteiger partial charge < -0.3 is 14.2 Å². The molecule has 0 aliphatic carbocycles. The van der Waals surface area contributed by atoms with Crippen LogP contribution < -0.4 is 4.74 Å². The van der Waals surface area contributed by atoms with Crippen LogP contribution in [0.4, 0.5) is 5.69 Å². The lowest BCUT2D eigenvalue weighted by molar-refractivity contribution is -0.142. The second-order valence-electron chi connectivity index (χ2n) is 6.19. The van der Waals surface area contributed by atoms with Gasteiger partial charge in [0.1, 0.15) is 5.75 Å². The average Bonchev–Trinajstić information content (AvgIpc) is 3.06. The molecule has 1 aliphatic rings. The van der Waals surface area contributed by atoms with Crippen molar-refractivity contribution in [2.24, 2.45) is 4.99 Å². The fraction of sp³-hybridized carbons (Fsp3) is 0.227. The predicted octanol–water partition coefficient (Wildman–Crippen LogP) is 3.49. The molecule has 156 valence electrons. The third-order valence-corrected chi connectivity index (χ3v) is 5.17. The minimum atomic E-state index is -0.480. The number of carbonyl (C=O) groups excluding carboxylic acids is 2. The maximum Gasteiger partial charge on any atom is 0.343 e. The molecular weight excluding hydrogens is 404 g/mol. The maximum absolute atomic E-state index is 13.0. The van der Waals surface area contributed by atoms with Crippen LogP contribution in [0.5, 0.6) is 5.75 Å². The number of para-hydroxylation sites is 2. The van der Waals surface area contributed by atoms with Gasteiger partial charge in [0.05, 0.1) is 30.9 Å². The van der Waals surface area contributed by atoms with Gasteiger partial charge in [-0.2, -0.15) is 0 Å². The Balaban J connectivity index is 1.89. The number of rotatable bonds is 8. The van der Waals surface area contributed by atoms with Gasteiger partial charge in [-0.3, -0.25) is 9.69 Å². The van der Waals surface area contributed by atoms with Crippen LogP contribution >= 0.6 is 11.8 Å². The van der Waals surface area contributed by atoms with E-state index in [-0.39, 0.29) is 12.5 Å². The SMILES string of the molecule is COCCN1C(=O)/C(=C\c2ccccc2OCC(=O)OC)SC1=Nc1ccccc1. The number of aliphatic imine (C=N–C) groups is 1. The number of nitrogens with zero attached hydrogens (tertiary/aromatic N) is 2. The third kappa shape index (κ3) is 5.49. The number of esters is 1. The standard InChI is InChI=1S/C22H22N2O5S/c1-27-13-12-24-21(26)19(30-22(24)23-17-9-4-3-5-10-17)14-16-8-6-7-11-18(16)29-15-20(25)28-2/h3-11,14H,12-13,15H2,1-2H3/b19-14+,23-22?. The molecule has 0 atom stereocenters. The highest BCUT2D eigenvalue weighted by atomic mass is 32.2. The largest absolute Gasteiger partial charge is 0.481 e. The summed E-state index contributed by atoms with van der Waals surface area (Å²) in [4.78, 5) is 31.2. The van der Waals surface area contributed by atoms with Gasteiger partial charge in [0, 0.05) is 12.7 Å². The molecule has 2 aromatic carbocycles. The van der Waals surface area contributed by atoms with E-state index in [4.69, 9.17) is 9.47 Å². The molecule has 2 aromatic rings. The molecular formula is C22H22N2O5S. The zero-order chi connectivity index (χ0) is 21.3. The normalized spacial score (nSPS) is 16.3. The molecule has 0 saturated carbocycles. The van der Waals surface area contributed by atoms with Crippen LogP contribution in [0.2, 0.25) is 0 Å². The summed E-state index contributed by atoms with van der Waals surface area (Å²) in [5.74, 6) is -0.151. The molecule has 8 heteroatoms. The number of thioether (sulfide) groups is 1. The number of carbonyl (C=O) groups is 2. The minimum Gasteiger partial charge on any atom is -0.481 e. The van der Waals surface area contributed by atoms with Crippen molar-refractivity contribution in [3.05, 3.63) is 65.1 Å². The molecule has 1 fully saturated rings. The Morgan fingerprint density at radius 3 is 2.57 bits per heavy atom. The zero-order valence-corrected chi connectivity index (χ0v) is 17.6. The van der Waals surface area contributed by atoms with E-state index in [9.17, 15) is 9.59 Å². The molecule has 0 N–H and O–H groups in total. The van der Waals surface area contributed by atoms with Crippen molar-refractivity contribution in [3.8, 4) is 5.75 Å². The Morgan fingerprint density at radius 1 is 1.10 bits per heavy atom. The van der Waals surface area contributed by atoms with Crippen molar-refractivity contribution in [1.29, 1.82) is 0 Å². The van der Waals surface area contributed by atoms with E-state index in [0.717, 1.165) is 5.69 Å². The van der Waals surface area contributed by atoms with Crippen LogP contribution in [-0.4, -0.2) is 55.9 Å². The number of hydrogen-bond acceptors (Lipinski definition) is 7. The Hall–Kier alpha value is -3.10. The lowest BCUT2D eigenvalue weighted by Crippen LogP contribution is -2.32. The van der Waals surface area contributed by atoms with Gasteiger partial charge in [-0.25, -0.2) is 9.79 Å². The van der Waals surface area contributed by atoms with Gasteiger partial charge >= 0.3 is 5.97 Å². The summed E-state index contributed by atoms with van der Waals surface area (Å²) in [5, 5.41) is 0.586. The van der Waals surface area contributed by atoms with Gasteiger partial charge in [0.25, 0.3) is 5.91 Å². The highest BCUT2D eigenvalue weighted by Crippen LogP contribution is 2.35. The number of methoxy groups -OCH3 is 2. The molecule has 3 rings (SSSR count). The topological polar surface area (TPSA) is 77.4 Å². The van der Waals surface area contributed by atoms with Crippen LogP contribution in [0, 0.1) is 0 Å². The first-order chi connectivity index (χ1) is 14.6. The lowest BCUT2D eigenvalue weighted by Gasteiger charge is -2.14. The fourth-order valence-electron chi connectivity index (χ4n) is 2.65. The summed E-state index contributed by atoms with van der Waals surface area (Å²) in [6, 6.07) is 16.6. The van der Waals surface area contributed by atoms with Gasteiger partial charge in [0.15, 0.2) is 11.8 Å². The van der Waals surface area contributed by atoms with E-state index >= 15 is 0 Å². The summed E-state index contributed by atoms with van der Waals surface area (Å²) >= 11 is 1.29. The van der Waals surface area contributed by atoms with Crippen molar-refractivity contribution in [2.45, 2.75) is 0 Å². The molecule has 1 heterocycles. The van der Waals surface area contributed by atoms with Crippen molar-refractivity contribution in [2.75, 3.05) is 34.0 Å². The average molecular weight is 426 g/mol. The van der Waals surface area contributed by atoms with E-state index in [2.05, 4.69) is 9.73 Å². The second kappa shape index (κ2) is 10.6. The highest BCUT2D eigenvalue weighted by molar-refractivity contribution is 8.18. The Labute approximate surface area is 179 Å². The summed E-state index contributed by atoms with van der Waals surface area (Å²) in [5.41, 5.74) is 1.45. The van der Waals surface area contributed by atoms with Crippen molar-refractivity contribution >= 4 is 40.6 Å². The molecule has 1 saturated heterocycles. The number of amides is 1. The van der Waals surface area contributed by atoms with Gasteiger partial charge in [-0.15, -0.1) is 0 Å². The molecule has 0 radical (unpaired) electrons. The zero-order valence-electron chi connectivity index (χ0n) is 16.7. The van der Waals surface area contributed by atoms with Crippen molar-refractivity contribution < 1.29 is 23.8 Å². The van der Waals surface area contributed by atoms with Gasteiger partial charge in [0.2, 0.25) is 0 Å². The first-order valence-electron chi connectivity index (χ1n) is 9.25. The quantitative estimate of drug-likeness (QED) is 0.475. The van der Waals surface area contributed by atoms with Crippen LogP contribution in [0.1, 0.15) is 5.56 Å². The Kier molecular flexibility index (Phi) is 7.64. The van der Waals surface area contributed by atoms with Crippen molar-refractivity contribution in [1.82, 2.24) is 4.90 Å². The lowest BCUT2D eigenvalue weighted by atomic mass is 10.2. The predicted molar refractivity (Wildman–Crippen MR) is 117 cm³/mol. The molecule has 0 bridgehead atoms. The second-order valence-corrected chi connectivity index (χ2v) is 7.20. The Morgan fingerprint density at radius 2 is 1.83 bits per heavy atom. The monoisotopic (exact) mass is 426 g/mol. The first kappa shape index (κ1) is 21.6. The molecule has 30 heavy (non-hydrogen) atoms. The summed E-state index contributed by atoms with van der Waals surface area (Å²) in [6.45, 7) is 0.580. The van der Waals surface area contributed by atoms with Gasteiger partial charge in [-0.05, 0) is 36.0 Å². The third-order valence-electron chi connectivity index (χ3n) is 4.17. The molecule has 1 aliphatic heterocycles.